The number of aryl methyl sites for hydroxylation is 1. The van der Waals surface area contributed by atoms with E-state index in [0.29, 0.717) is 25.3 Å². The second kappa shape index (κ2) is 20.5. The number of thiazole rings is 1. The zero-order valence-corrected chi connectivity index (χ0v) is 39.9. The third kappa shape index (κ3) is 11.2. The molecule has 0 saturated carbocycles. The summed E-state index contributed by atoms with van der Waals surface area (Å²) in [6.45, 7) is 10.5. The number of benzene rings is 3. The number of aliphatic hydroxyl groups is 1. The molecule has 20 heteroatoms. The number of halogens is 4. The summed E-state index contributed by atoms with van der Waals surface area (Å²) < 4.78 is 56.7. The Morgan fingerprint density at radius 3 is 2.31 bits per heavy atom. The van der Waals surface area contributed by atoms with Gasteiger partial charge in [0.05, 0.1) is 50.6 Å². The number of rotatable bonds is 15. The van der Waals surface area contributed by atoms with Gasteiger partial charge in [-0.3, -0.25) is 28.9 Å². The van der Waals surface area contributed by atoms with Crippen LogP contribution in [-0.2, 0) is 31.9 Å². The van der Waals surface area contributed by atoms with E-state index in [-0.39, 0.29) is 54.5 Å². The summed E-state index contributed by atoms with van der Waals surface area (Å²) in [6.07, 6.45) is -4.38. The number of hydrogen-bond donors (Lipinski definition) is 4. The van der Waals surface area contributed by atoms with Crippen LogP contribution >= 0.6 is 23.6 Å². The van der Waals surface area contributed by atoms with E-state index in [4.69, 9.17) is 12.2 Å². The molecule has 68 heavy (non-hydrogen) atoms. The van der Waals surface area contributed by atoms with Crippen molar-refractivity contribution in [1.82, 2.24) is 25.8 Å². The number of β-amino-alcohol motifs (C(OH)–C–C–N with tert-alkyl or cyclic N) is 1. The van der Waals surface area contributed by atoms with Crippen LogP contribution in [0.15, 0.2) is 66.2 Å². The monoisotopic (exact) mass is 976 g/mol. The SMILES string of the molecule is Cc1ncsc1-c1ccc(CNC(=O)[C@@H]2C[C@@H](O)CN2C(=O)[C@@H](NC(=O)CCCCCNC(=O)c2ccc(N3C(=S)N(c4ccc(C#N)c(C(F)(F)F)c4)C(=O)C3(C)C)cc2F)C(C)(C)C)cc1. The van der Waals surface area contributed by atoms with E-state index in [2.05, 4.69) is 20.9 Å². The van der Waals surface area contributed by atoms with Crippen LogP contribution in [0.25, 0.3) is 10.4 Å². The van der Waals surface area contributed by atoms with Crippen molar-refractivity contribution in [3.63, 3.8) is 0 Å². The van der Waals surface area contributed by atoms with Crippen LogP contribution in [0, 0.1) is 29.5 Å². The Bertz CT molecular complexity index is 2640. The number of unbranched alkanes of at least 4 members (excludes halogenated alkanes) is 2. The van der Waals surface area contributed by atoms with E-state index in [9.17, 15) is 47.5 Å². The predicted molar refractivity (Wildman–Crippen MR) is 252 cm³/mol. The number of aliphatic hydroxyl groups excluding tert-OH is 1. The van der Waals surface area contributed by atoms with E-state index < -0.39 is 81.8 Å². The minimum Gasteiger partial charge on any atom is -0.391 e. The topological polar surface area (TPSA) is 188 Å². The van der Waals surface area contributed by atoms with Gasteiger partial charge in [-0.15, -0.1) is 11.3 Å². The Hall–Kier alpha value is -6.30. The molecule has 4 aromatic rings. The lowest BCUT2D eigenvalue weighted by atomic mass is 9.85. The summed E-state index contributed by atoms with van der Waals surface area (Å²) in [6, 6.07) is 13.6. The maximum absolute atomic E-state index is 15.5. The predicted octanol–water partition coefficient (Wildman–Crippen LogP) is 7.16. The molecule has 2 fully saturated rings. The highest BCUT2D eigenvalue weighted by molar-refractivity contribution is 7.81. The first kappa shape index (κ1) is 51.1. The number of alkyl halides is 3. The number of nitrogens with one attached hydrogen (secondary N) is 3. The van der Waals surface area contributed by atoms with Gasteiger partial charge in [0.2, 0.25) is 17.7 Å². The molecule has 0 bridgehead atoms. The second-order valence-electron chi connectivity index (χ2n) is 18.3. The van der Waals surface area contributed by atoms with Gasteiger partial charge in [-0.1, -0.05) is 51.5 Å². The number of nitrogens with zero attached hydrogens (tertiary/aromatic N) is 5. The van der Waals surface area contributed by atoms with E-state index in [1.165, 1.54) is 47.9 Å². The summed E-state index contributed by atoms with van der Waals surface area (Å²) in [4.78, 5) is 76.1. The van der Waals surface area contributed by atoms with Crippen molar-refractivity contribution in [2.24, 2.45) is 5.41 Å². The minimum absolute atomic E-state index is 0.0506. The van der Waals surface area contributed by atoms with Crippen LogP contribution in [0.3, 0.4) is 0 Å². The van der Waals surface area contributed by atoms with Crippen molar-refractivity contribution in [3.8, 4) is 16.5 Å². The van der Waals surface area contributed by atoms with Crippen molar-refractivity contribution in [2.75, 3.05) is 22.9 Å². The van der Waals surface area contributed by atoms with Gasteiger partial charge in [0, 0.05) is 38.2 Å². The van der Waals surface area contributed by atoms with Crippen LogP contribution in [-0.4, -0.2) is 86.5 Å². The second-order valence-corrected chi connectivity index (χ2v) is 19.6. The van der Waals surface area contributed by atoms with Crippen molar-refractivity contribution in [3.05, 3.63) is 99.9 Å². The largest absolute Gasteiger partial charge is 0.417 e. The lowest BCUT2D eigenvalue weighted by Gasteiger charge is -2.35. The summed E-state index contributed by atoms with van der Waals surface area (Å²) in [5.74, 6) is -3.66. The van der Waals surface area contributed by atoms with E-state index in [1.54, 1.807) is 37.6 Å². The van der Waals surface area contributed by atoms with Crippen LogP contribution in [0.4, 0.5) is 28.9 Å². The number of anilines is 2. The Morgan fingerprint density at radius 1 is 1.00 bits per heavy atom. The first-order valence-corrected chi connectivity index (χ1v) is 23.2. The Kier molecular flexibility index (Phi) is 15.4. The highest BCUT2D eigenvalue weighted by Gasteiger charge is 2.51. The molecule has 6 rings (SSSR count). The first-order chi connectivity index (χ1) is 31.9. The average molecular weight is 977 g/mol. The van der Waals surface area contributed by atoms with Gasteiger partial charge in [-0.2, -0.15) is 18.4 Å². The number of nitriles is 1. The number of likely N-dealkylation sites (tertiary alicyclic amines) is 1. The van der Waals surface area contributed by atoms with E-state index in [0.717, 1.165) is 38.7 Å². The molecule has 0 radical (unpaired) electrons. The number of amides is 5. The van der Waals surface area contributed by atoms with E-state index >= 15 is 4.39 Å². The quantitative estimate of drug-likeness (QED) is 0.0541. The Morgan fingerprint density at radius 2 is 1.69 bits per heavy atom. The van der Waals surface area contributed by atoms with Gasteiger partial charge >= 0.3 is 6.18 Å². The molecule has 4 N–H and O–H groups in total. The van der Waals surface area contributed by atoms with Crippen molar-refractivity contribution < 1.29 is 46.6 Å². The highest BCUT2D eigenvalue weighted by atomic mass is 32.1. The minimum atomic E-state index is -4.89. The summed E-state index contributed by atoms with van der Waals surface area (Å²) in [5.41, 5.74) is 0.0264. The molecule has 3 heterocycles. The molecule has 0 aliphatic carbocycles. The molecule has 2 aliphatic rings. The fraction of sp³-hybridized carbons (Fsp3) is 0.417. The normalized spacial score (nSPS) is 17.5. The summed E-state index contributed by atoms with van der Waals surface area (Å²) in [5, 5.41) is 27.9. The van der Waals surface area contributed by atoms with Crippen molar-refractivity contribution >= 4 is 69.6 Å². The average Bonchev–Trinajstić information content (AvgIpc) is 3.94. The maximum atomic E-state index is 15.5. The van der Waals surface area contributed by atoms with Crippen LogP contribution < -0.4 is 25.8 Å². The molecule has 360 valence electrons. The Balaban J connectivity index is 0.976. The highest BCUT2D eigenvalue weighted by Crippen LogP contribution is 2.40. The zero-order valence-electron chi connectivity index (χ0n) is 38.3. The molecule has 2 saturated heterocycles. The number of hydrogen-bond acceptors (Lipinski definition) is 10. The summed E-state index contributed by atoms with van der Waals surface area (Å²) in [7, 11) is 0. The lowest BCUT2D eigenvalue weighted by molar-refractivity contribution is -0.144. The number of aromatic nitrogens is 1. The number of thiocarbonyl (C=S) groups is 1. The number of carbonyl (C=O) groups is 5. The number of carbonyl (C=O) groups excluding carboxylic acids is 5. The lowest BCUT2D eigenvalue weighted by Crippen LogP contribution is -2.57. The molecular weight excluding hydrogens is 925 g/mol. The van der Waals surface area contributed by atoms with Gasteiger partial charge in [-0.25, -0.2) is 9.37 Å². The fourth-order valence-corrected chi connectivity index (χ4v) is 9.52. The van der Waals surface area contributed by atoms with Crippen LogP contribution in [0.1, 0.15) is 99.5 Å². The van der Waals surface area contributed by atoms with Gasteiger partial charge in [-0.05, 0) is 98.8 Å². The fourth-order valence-electron chi connectivity index (χ4n) is 8.18. The zero-order chi connectivity index (χ0) is 49.9. The molecule has 5 amide bonds. The molecule has 1 aromatic heterocycles. The molecule has 3 aromatic carbocycles. The molecule has 2 aliphatic heterocycles. The molecule has 14 nitrogen and oxygen atoms in total. The van der Waals surface area contributed by atoms with Crippen LogP contribution in [0.5, 0.6) is 0 Å². The van der Waals surface area contributed by atoms with Crippen LogP contribution in [0.2, 0.25) is 0 Å². The standard InChI is InChI=1S/C48H52F4N8O6S2/c1-27-39(68-26-56-27)29-13-11-28(12-14-29)24-55-42(64)37-22-33(61)25-58(37)43(65)40(46(2,3)4)57-38(62)10-8-7-9-19-54-41(63)34-18-17-32(21-36(34)49)60-45(67)59(44(66)47(60,5)6)31-16-15-30(23-53)35(20-31)48(50,51)52/h11-18,20-21,26,33,37,40,61H,7-10,19,22,24-25H2,1-6H3,(H,54,63)(H,55,64)(H,57,62)/t33-,37+,40-/m1/s1. The third-order valence-corrected chi connectivity index (χ3v) is 13.2. The Labute approximate surface area is 400 Å². The van der Waals surface area contributed by atoms with Crippen molar-refractivity contribution in [1.29, 1.82) is 5.26 Å². The smallest absolute Gasteiger partial charge is 0.391 e. The molecule has 0 unspecified atom stereocenters. The van der Waals surface area contributed by atoms with Crippen molar-refractivity contribution in [2.45, 2.75) is 110 Å². The van der Waals surface area contributed by atoms with Gasteiger partial charge < -0.3 is 30.9 Å². The van der Waals surface area contributed by atoms with Gasteiger partial charge in [0.1, 0.15) is 23.4 Å². The molecular formula is C48H52F4N8O6S2. The maximum Gasteiger partial charge on any atom is 0.417 e. The molecule has 0 spiro atoms. The van der Waals surface area contributed by atoms with Gasteiger partial charge in [0.15, 0.2) is 5.11 Å². The summed E-state index contributed by atoms with van der Waals surface area (Å²) >= 11 is 7.07. The third-order valence-electron chi connectivity index (χ3n) is 11.9. The first-order valence-electron chi connectivity index (χ1n) is 21.9. The van der Waals surface area contributed by atoms with E-state index in [1.807, 2.05) is 31.2 Å². The molecule has 3 atom stereocenters. The van der Waals surface area contributed by atoms with Gasteiger partial charge in [0.25, 0.3) is 11.8 Å².